The van der Waals surface area contributed by atoms with Crippen LogP contribution in [0.1, 0.15) is 38.2 Å². The second-order valence-electron chi connectivity index (χ2n) is 4.69. The Morgan fingerprint density at radius 1 is 1.27 bits per heavy atom. The molecule has 0 unspecified atom stereocenters. The number of hydrogen-bond acceptors (Lipinski definition) is 1. The Morgan fingerprint density at radius 2 is 1.87 bits per heavy atom. The SMILES string of the molecule is CC1CCC(O)(c2ccccc2Br)CC1. The average molecular weight is 269 g/mol. The van der Waals surface area contributed by atoms with Crippen molar-refractivity contribution in [2.24, 2.45) is 5.92 Å². The minimum absolute atomic E-state index is 0.605. The van der Waals surface area contributed by atoms with Gasteiger partial charge in [0.15, 0.2) is 0 Å². The summed E-state index contributed by atoms with van der Waals surface area (Å²) in [5.74, 6) is 0.757. The van der Waals surface area contributed by atoms with Crippen LogP contribution >= 0.6 is 15.9 Å². The summed E-state index contributed by atoms with van der Waals surface area (Å²) in [5, 5.41) is 10.6. The third-order valence-electron chi connectivity index (χ3n) is 3.48. The third-order valence-corrected chi connectivity index (χ3v) is 4.17. The van der Waals surface area contributed by atoms with E-state index in [9.17, 15) is 5.11 Å². The zero-order valence-electron chi connectivity index (χ0n) is 9.04. The van der Waals surface area contributed by atoms with Crippen LogP contribution in [0.2, 0.25) is 0 Å². The van der Waals surface area contributed by atoms with Gasteiger partial charge in [0, 0.05) is 4.47 Å². The molecule has 0 amide bonds. The summed E-state index contributed by atoms with van der Waals surface area (Å²) >= 11 is 3.52. The fourth-order valence-electron chi connectivity index (χ4n) is 2.35. The smallest absolute Gasteiger partial charge is 0.0907 e. The first-order valence-electron chi connectivity index (χ1n) is 5.59. The normalized spacial score (nSPS) is 31.5. The summed E-state index contributed by atoms with van der Waals surface area (Å²) in [4.78, 5) is 0. The molecule has 2 heteroatoms. The molecule has 1 aliphatic carbocycles. The Bertz CT molecular complexity index is 340. The molecule has 1 saturated carbocycles. The highest BCUT2D eigenvalue weighted by Crippen LogP contribution is 2.41. The van der Waals surface area contributed by atoms with Gasteiger partial charge in [-0.25, -0.2) is 0 Å². The van der Waals surface area contributed by atoms with E-state index in [1.807, 2.05) is 24.3 Å². The number of benzene rings is 1. The van der Waals surface area contributed by atoms with E-state index in [1.165, 1.54) is 0 Å². The topological polar surface area (TPSA) is 20.2 Å². The highest BCUT2D eigenvalue weighted by molar-refractivity contribution is 9.10. The van der Waals surface area contributed by atoms with Crippen molar-refractivity contribution < 1.29 is 5.11 Å². The van der Waals surface area contributed by atoms with E-state index < -0.39 is 5.60 Å². The molecular formula is C13H17BrO. The quantitative estimate of drug-likeness (QED) is 0.821. The van der Waals surface area contributed by atoms with Crippen LogP contribution in [0.4, 0.5) is 0 Å². The van der Waals surface area contributed by atoms with E-state index in [0.717, 1.165) is 41.6 Å². The Balaban J connectivity index is 2.26. The molecule has 0 radical (unpaired) electrons. The van der Waals surface area contributed by atoms with Gasteiger partial charge in [0.2, 0.25) is 0 Å². The molecule has 15 heavy (non-hydrogen) atoms. The molecule has 0 bridgehead atoms. The predicted molar refractivity (Wildman–Crippen MR) is 65.7 cm³/mol. The van der Waals surface area contributed by atoms with Crippen molar-refractivity contribution in [3.8, 4) is 0 Å². The van der Waals surface area contributed by atoms with Gasteiger partial charge in [-0.2, -0.15) is 0 Å². The van der Waals surface area contributed by atoms with E-state index in [4.69, 9.17) is 0 Å². The van der Waals surface area contributed by atoms with Gasteiger partial charge in [-0.05, 0) is 43.2 Å². The summed E-state index contributed by atoms with van der Waals surface area (Å²) < 4.78 is 1.03. The van der Waals surface area contributed by atoms with Crippen molar-refractivity contribution in [3.63, 3.8) is 0 Å². The average Bonchev–Trinajstić information content (AvgIpc) is 2.23. The lowest BCUT2D eigenvalue weighted by atomic mass is 9.76. The number of halogens is 1. The lowest BCUT2D eigenvalue weighted by molar-refractivity contribution is -0.0126. The van der Waals surface area contributed by atoms with Gasteiger partial charge in [0.1, 0.15) is 0 Å². The van der Waals surface area contributed by atoms with Crippen LogP contribution in [0.5, 0.6) is 0 Å². The maximum Gasteiger partial charge on any atom is 0.0907 e. The van der Waals surface area contributed by atoms with Crippen LogP contribution in [-0.2, 0) is 5.60 Å². The molecular weight excluding hydrogens is 252 g/mol. The van der Waals surface area contributed by atoms with E-state index in [2.05, 4.69) is 22.9 Å². The molecule has 1 aromatic rings. The minimum atomic E-state index is -0.605. The summed E-state index contributed by atoms with van der Waals surface area (Å²) in [7, 11) is 0. The first-order valence-corrected chi connectivity index (χ1v) is 6.38. The van der Waals surface area contributed by atoms with Crippen LogP contribution < -0.4 is 0 Å². The number of aliphatic hydroxyl groups is 1. The minimum Gasteiger partial charge on any atom is -0.385 e. The molecule has 2 rings (SSSR count). The molecule has 1 fully saturated rings. The summed E-state index contributed by atoms with van der Waals surface area (Å²) in [6.07, 6.45) is 4.02. The van der Waals surface area contributed by atoms with E-state index >= 15 is 0 Å². The van der Waals surface area contributed by atoms with Crippen molar-refractivity contribution in [3.05, 3.63) is 34.3 Å². The molecule has 1 aromatic carbocycles. The fraction of sp³-hybridized carbons (Fsp3) is 0.538. The second-order valence-corrected chi connectivity index (χ2v) is 5.55. The van der Waals surface area contributed by atoms with Gasteiger partial charge in [0.25, 0.3) is 0 Å². The van der Waals surface area contributed by atoms with Crippen molar-refractivity contribution >= 4 is 15.9 Å². The maximum absolute atomic E-state index is 10.6. The van der Waals surface area contributed by atoms with E-state index in [1.54, 1.807) is 0 Å². The van der Waals surface area contributed by atoms with Crippen molar-refractivity contribution in [2.45, 2.75) is 38.2 Å². The summed E-state index contributed by atoms with van der Waals surface area (Å²) in [6, 6.07) is 8.02. The Morgan fingerprint density at radius 3 is 2.47 bits per heavy atom. The number of hydrogen-bond donors (Lipinski definition) is 1. The van der Waals surface area contributed by atoms with Gasteiger partial charge in [-0.3, -0.25) is 0 Å². The first-order chi connectivity index (χ1) is 7.12. The van der Waals surface area contributed by atoms with E-state index in [-0.39, 0.29) is 0 Å². The molecule has 82 valence electrons. The van der Waals surface area contributed by atoms with Crippen LogP contribution in [0.25, 0.3) is 0 Å². The van der Waals surface area contributed by atoms with Gasteiger partial charge >= 0.3 is 0 Å². The monoisotopic (exact) mass is 268 g/mol. The van der Waals surface area contributed by atoms with Crippen LogP contribution in [0, 0.1) is 5.92 Å². The van der Waals surface area contributed by atoms with Crippen molar-refractivity contribution in [2.75, 3.05) is 0 Å². The van der Waals surface area contributed by atoms with E-state index in [0.29, 0.717) is 0 Å². The number of rotatable bonds is 1. The molecule has 0 heterocycles. The Hall–Kier alpha value is -0.340. The molecule has 1 N–H and O–H groups in total. The highest BCUT2D eigenvalue weighted by Gasteiger charge is 2.34. The summed E-state index contributed by atoms with van der Waals surface area (Å²) in [6.45, 7) is 2.26. The third kappa shape index (κ3) is 2.26. The van der Waals surface area contributed by atoms with Crippen LogP contribution in [0.15, 0.2) is 28.7 Å². The van der Waals surface area contributed by atoms with Gasteiger partial charge in [-0.15, -0.1) is 0 Å². The molecule has 0 aromatic heterocycles. The molecule has 1 nitrogen and oxygen atoms in total. The lowest BCUT2D eigenvalue weighted by Gasteiger charge is -2.35. The standard InChI is InChI=1S/C13H17BrO/c1-10-6-8-13(15,9-7-10)11-4-2-3-5-12(11)14/h2-5,10,15H,6-9H2,1H3. The Kier molecular flexibility index (Phi) is 3.17. The summed E-state index contributed by atoms with van der Waals surface area (Å²) in [5.41, 5.74) is 0.448. The first kappa shape index (κ1) is 11.2. The van der Waals surface area contributed by atoms with Crippen LogP contribution in [0.3, 0.4) is 0 Å². The predicted octanol–water partition coefficient (Wildman–Crippen LogP) is 3.85. The lowest BCUT2D eigenvalue weighted by Crippen LogP contribution is -2.31. The largest absolute Gasteiger partial charge is 0.385 e. The molecule has 0 saturated heterocycles. The van der Waals surface area contributed by atoms with Gasteiger partial charge in [0.05, 0.1) is 5.60 Å². The van der Waals surface area contributed by atoms with Crippen molar-refractivity contribution in [1.82, 2.24) is 0 Å². The van der Waals surface area contributed by atoms with Gasteiger partial charge in [-0.1, -0.05) is 41.1 Å². The zero-order chi connectivity index (χ0) is 10.9. The molecule has 0 aliphatic heterocycles. The van der Waals surface area contributed by atoms with Crippen molar-refractivity contribution in [1.29, 1.82) is 0 Å². The van der Waals surface area contributed by atoms with Gasteiger partial charge < -0.3 is 5.11 Å². The Labute approximate surface area is 99.6 Å². The second kappa shape index (κ2) is 4.26. The zero-order valence-corrected chi connectivity index (χ0v) is 10.6. The molecule has 0 atom stereocenters. The molecule has 1 aliphatic rings. The maximum atomic E-state index is 10.6. The highest BCUT2D eigenvalue weighted by atomic mass is 79.9. The molecule has 0 spiro atoms. The van der Waals surface area contributed by atoms with Crippen LogP contribution in [-0.4, -0.2) is 5.11 Å². The fourth-order valence-corrected chi connectivity index (χ4v) is 3.00.